The van der Waals surface area contributed by atoms with Gasteiger partial charge in [0.05, 0.1) is 22.2 Å². The molecule has 0 bridgehead atoms. The van der Waals surface area contributed by atoms with Crippen molar-refractivity contribution in [3.8, 4) is 0 Å². The van der Waals surface area contributed by atoms with E-state index in [2.05, 4.69) is 20.7 Å². The summed E-state index contributed by atoms with van der Waals surface area (Å²) in [5, 5.41) is 11.5. The lowest BCUT2D eigenvalue weighted by Gasteiger charge is -2.23. The molecular formula is C18H21N5O2. The first-order valence-corrected chi connectivity index (χ1v) is 8.72. The number of hydrogen-bond donors (Lipinski definition) is 3. The van der Waals surface area contributed by atoms with Crippen LogP contribution in [0.15, 0.2) is 29.1 Å². The van der Waals surface area contributed by atoms with Crippen molar-refractivity contribution in [3.05, 3.63) is 45.9 Å². The Morgan fingerprint density at radius 1 is 1.36 bits per heavy atom. The van der Waals surface area contributed by atoms with Gasteiger partial charge in [0.1, 0.15) is 5.65 Å². The second-order valence-electron chi connectivity index (χ2n) is 6.40. The molecule has 0 aliphatic carbocycles. The van der Waals surface area contributed by atoms with E-state index in [-0.39, 0.29) is 17.4 Å². The number of aromatic nitrogens is 3. The fourth-order valence-electron chi connectivity index (χ4n) is 3.64. The first-order valence-electron chi connectivity index (χ1n) is 8.72. The first kappa shape index (κ1) is 15.8. The number of rotatable bonds is 3. The number of benzene rings is 1. The molecule has 3 aromatic rings. The van der Waals surface area contributed by atoms with E-state index in [1.807, 2.05) is 23.6 Å². The summed E-state index contributed by atoms with van der Waals surface area (Å²) in [4.78, 5) is 27.6. The number of amides is 1. The zero-order valence-electron chi connectivity index (χ0n) is 14.1. The zero-order chi connectivity index (χ0) is 17.4. The van der Waals surface area contributed by atoms with Crippen molar-refractivity contribution >= 4 is 22.5 Å². The molecule has 7 nitrogen and oxygen atoms in total. The molecule has 130 valence electrons. The maximum Gasteiger partial charge on any atom is 0.252 e. The van der Waals surface area contributed by atoms with Crippen LogP contribution in [0.5, 0.6) is 0 Å². The van der Waals surface area contributed by atoms with Crippen LogP contribution in [0.25, 0.3) is 16.6 Å². The third-order valence-electron chi connectivity index (χ3n) is 4.80. The number of carbonyl (C=O) groups excluding carboxylic acids is 1. The average molecular weight is 339 g/mol. The summed E-state index contributed by atoms with van der Waals surface area (Å²) in [6, 6.07) is 7.10. The topological polar surface area (TPSA) is 91.3 Å². The van der Waals surface area contributed by atoms with E-state index >= 15 is 0 Å². The van der Waals surface area contributed by atoms with Gasteiger partial charge in [-0.1, -0.05) is 6.07 Å². The van der Waals surface area contributed by atoms with E-state index in [0.29, 0.717) is 28.7 Å². The smallest absolute Gasteiger partial charge is 0.252 e. The van der Waals surface area contributed by atoms with Gasteiger partial charge in [-0.2, -0.15) is 5.10 Å². The summed E-state index contributed by atoms with van der Waals surface area (Å²) < 4.78 is 1.81. The molecule has 0 unspecified atom stereocenters. The number of piperidine rings is 1. The molecule has 3 N–H and O–H groups in total. The lowest BCUT2D eigenvalue weighted by Crippen LogP contribution is -2.28. The van der Waals surface area contributed by atoms with Crippen molar-refractivity contribution in [2.24, 2.45) is 0 Å². The largest absolute Gasteiger partial charge is 0.352 e. The van der Waals surface area contributed by atoms with Gasteiger partial charge in [-0.25, -0.2) is 4.52 Å². The zero-order valence-corrected chi connectivity index (χ0v) is 14.1. The fraction of sp³-hybridized carbons (Fsp3) is 0.389. The van der Waals surface area contributed by atoms with Crippen LogP contribution < -0.4 is 16.2 Å². The lowest BCUT2D eigenvalue weighted by molar-refractivity contribution is 0.0957. The molecule has 0 radical (unpaired) electrons. The number of H-pyrrole nitrogens is 1. The lowest BCUT2D eigenvalue weighted by atomic mass is 9.94. The minimum atomic E-state index is -0.159. The third-order valence-corrected chi connectivity index (χ3v) is 4.80. The second kappa shape index (κ2) is 6.33. The van der Waals surface area contributed by atoms with E-state index < -0.39 is 0 Å². The van der Waals surface area contributed by atoms with Crippen molar-refractivity contribution < 1.29 is 4.79 Å². The fourth-order valence-corrected chi connectivity index (χ4v) is 3.64. The number of aromatic amines is 1. The average Bonchev–Trinajstić information content (AvgIpc) is 3.00. The minimum Gasteiger partial charge on any atom is -0.352 e. The Morgan fingerprint density at radius 3 is 2.92 bits per heavy atom. The number of carbonyl (C=O) groups is 1. The van der Waals surface area contributed by atoms with Crippen LogP contribution in [0.2, 0.25) is 0 Å². The van der Waals surface area contributed by atoms with E-state index in [1.165, 1.54) is 0 Å². The molecule has 0 atom stereocenters. The van der Waals surface area contributed by atoms with Crippen LogP contribution in [0.1, 0.15) is 41.7 Å². The Labute approximate surface area is 144 Å². The monoisotopic (exact) mass is 339 g/mol. The highest BCUT2D eigenvalue weighted by Gasteiger charge is 2.22. The number of nitrogens with one attached hydrogen (secondary N) is 3. The van der Waals surface area contributed by atoms with Crippen molar-refractivity contribution in [2.75, 3.05) is 19.6 Å². The highest BCUT2D eigenvalue weighted by molar-refractivity contribution is 6.11. The molecule has 25 heavy (non-hydrogen) atoms. The summed E-state index contributed by atoms with van der Waals surface area (Å²) in [6.45, 7) is 4.30. The van der Waals surface area contributed by atoms with E-state index in [0.717, 1.165) is 31.6 Å². The number of hydrogen-bond acceptors (Lipinski definition) is 4. The summed E-state index contributed by atoms with van der Waals surface area (Å²) in [7, 11) is 0. The molecule has 0 spiro atoms. The molecule has 0 saturated carbocycles. The Hall–Kier alpha value is -2.67. The Morgan fingerprint density at radius 2 is 2.16 bits per heavy atom. The summed E-state index contributed by atoms with van der Waals surface area (Å²) in [5.41, 5.74) is 2.60. The first-order chi connectivity index (χ1) is 12.2. The molecule has 3 heterocycles. The van der Waals surface area contributed by atoms with E-state index in [9.17, 15) is 9.59 Å². The number of fused-ring (bicyclic) bond motifs is 3. The van der Waals surface area contributed by atoms with Crippen LogP contribution in [-0.2, 0) is 0 Å². The van der Waals surface area contributed by atoms with Gasteiger partial charge >= 0.3 is 0 Å². The van der Waals surface area contributed by atoms with Crippen LogP contribution in [-0.4, -0.2) is 40.1 Å². The van der Waals surface area contributed by atoms with Gasteiger partial charge in [0, 0.05) is 18.5 Å². The molecule has 7 heteroatoms. The molecule has 1 fully saturated rings. The third kappa shape index (κ3) is 2.70. The van der Waals surface area contributed by atoms with Gasteiger partial charge in [-0.05, 0) is 45.0 Å². The summed E-state index contributed by atoms with van der Waals surface area (Å²) in [6.07, 6.45) is 1.94. The summed E-state index contributed by atoms with van der Waals surface area (Å²) >= 11 is 0. The standard InChI is InChI=1S/C18H21N5O2/c1-2-20-18(25)12-4-3-5-13-16(12)17-21-15(24)10-14(23(17)22-13)11-6-8-19-9-7-11/h3-5,10-11,19H,2,6-9H2,1H3,(H,20,25)(H,21,24). The second-order valence-corrected chi connectivity index (χ2v) is 6.40. The normalized spacial score (nSPS) is 15.7. The highest BCUT2D eigenvalue weighted by Crippen LogP contribution is 2.28. The van der Waals surface area contributed by atoms with E-state index in [1.54, 1.807) is 12.1 Å². The summed E-state index contributed by atoms with van der Waals surface area (Å²) in [5.74, 6) is 0.129. The predicted octanol–water partition coefficient (Wildman–Crippen LogP) is 1.39. The SMILES string of the molecule is CCNC(=O)c1cccc2nn3c(C4CCNCC4)cc(=O)[nH]c3c12. The van der Waals surface area contributed by atoms with Gasteiger partial charge in [0.25, 0.3) is 11.5 Å². The Balaban J connectivity index is 1.98. The van der Waals surface area contributed by atoms with Crippen LogP contribution in [0.4, 0.5) is 0 Å². The predicted molar refractivity (Wildman–Crippen MR) is 96.2 cm³/mol. The van der Waals surface area contributed by atoms with Gasteiger partial charge in [-0.15, -0.1) is 0 Å². The Bertz CT molecular complexity index is 998. The molecule has 4 rings (SSSR count). The Kier molecular flexibility index (Phi) is 4.01. The van der Waals surface area contributed by atoms with Gasteiger partial charge in [0.15, 0.2) is 0 Å². The molecule has 1 saturated heterocycles. The molecule has 1 aliphatic heterocycles. The van der Waals surface area contributed by atoms with Crippen LogP contribution >= 0.6 is 0 Å². The van der Waals surface area contributed by atoms with Crippen LogP contribution in [0.3, 0.4) is 0 Å². The quantitative estimate of drug-likeness (QED) is 0.672. The molecule has 2 aromatic heterocycles. The molecule has 1 aliphatic rings. The molecular weight excluding hydrogens is 318 g/mol. The van der Waals surface area contributed by atoms with Crippen molar-refractivity contribution in [2.45, 2.75) is 25.7 Å². The van der Waals surface area contributed by atoms with Crippen molar-refractivity contribution in [3.63, 3.8) is 0 Å². The minimum absolute atomic E-state index is 0.156. The van der Waals surface area contributed by atoms with Crippen molar-refractivity contribution in [1.82, 2.24) is 25.2 Å². The maximum atomic E-state index is 12.4. The van der Waals surface area contributed by atoms with Gasteiger partial charge in [0.2, 0.25) is 0 Å². The van der Waals surface area contributed by atoms with Crippen molar-refractivity contribution in [1.29, 1.82) is 0 Å². The highest BCUT2D eigenvalue weighted by atomic mass is 16.1. The molecule has 1 amide bonds. The van der Waals surface area contributed by atoms with Crippen LogP contribution in [0, 0.1) is 0 Å². The van der Waals surface area contributed by atoms with Gasteiger partial charge < -0.3 is 15.6 Å². The van der Waals surface area contributed by atoms with E-state index in [4.69, 9.17) is 0 Å². The number of nitrogens with zero attached hydrogens (tertiary/aromatic N) is 2. The molecule has 1 aromatic carbocycles. The maximum absolute atomic E-state index is 12.4. The van der Waals surface area contributed by atoms with Gasteiger partial charge in [-0.3, -0.25) is 9.59 Å².